The summed E-state index contributed by atoms with van der Waals surface area (Å²) in [6, 6.07) is 3.81. The zero-order valence-electron chi connectivity index (χ0n) is 11.4. The van der Waals surface area contributed by atoms with Gasteiger partial charge < -0.3 is 15.4 Å². The SMILES string of the molecule is CCCNC(=NC)NCc1c(F)cccc1OC(F)F. The molecule has 0 radical (unpaired) electrons. The Labute approximate surface area is 116 Å². The first kappa shape index (κ1) is 16.1. The quantitative estimate of drug-likeness (QED) is 0.625. The van der Waals surface area contributed by atoms with Crippen molar-refractivity contribution in [2.45, 2.75) is 26.5 Å². The summed E-state index contributed by atoms with van der Waals surface area (Å²) in [6.45, 7) is -0.297. The van der Waals surface area contributed by atoms with Crippen LogP contribution in [0.4, 0.5) is 13.2 Å². The fourth-order valence-electron chi connectivity index (χ4n) is 1.55. The van der Waals surface area contributed by atoms with E-state index >= 15 is 0 Å². The molecule has 4 nitrogen and oxygen atoms in total. The third-order valence-electron chi connectivity index (χ3n) is 2.49. The van der Waals surface area contributed by atoms with E-state index in [-0.39, 0.29) is 17.9 Å². The fourth-order valence-corrected chi connectivity index (χ4v) is 1.55. The van der Waals surface area contributed by atoms with Crippen molar-refractivity contribution >= 4 is 5.96 Å². The highest BCUT2D eigenvalue weighted by atomic mass is 19.3. The molecule has 1 rings (SSSR count). The molecule has 2 N–H and O–H groups in total. The molecule has 0 aliphatic rings. The Bertz CT molecular complexity index is 452. The van der Waals surface area contributed by atoms with Gasteiger partial charge in [-0.1, -0.05) is 13.0 Å². The minimum Gasteiger partial charge on any atom is -0.434 e. The highest BCUT2D eigenvalue weighted by molar-refractivity contribution is 5.79. The molecule has 1 aromatic carbocycles. The molecule has 0 heterocycles. The third-order valence-corrected chi connectivity index (χ3v) is 2.49. The molecule has 0 saturated heterocycles. The Kier molecular flexibility index (Phi) is 6.69. The van der Waals surface area contributed by atoms with Gasteiger partial charge in [-0.05, 0) is 18.6 Å². The van der Waals surface area contributed by atoms with E-state index in [1.54, 1.807) is 7.05 Å². The van der Waals surface area contributed by atoms with Crippen LogP contribution < -0.4 is 15.4 Å². The summed E-state index contributed by atoms with van der Waals surface area (Å²) >= 11 is 0. The predicted octanol–water partition coefficient (Wildman–Crippen LogP) is 2.50. The van der Waals surface area contributed by atoms with Crippen molar-refractivity contribution in [2.75, 3.05) is 13.6 Å². The molecule has 1 aromatic rings. The highest BCUT2D eigenvalue weighted by Crippen LogP contribution is 2.23. The van der Waals surface area contributed by atoms with Crippen LogP contribution >= 0.6 is 0 Å². The molecule has 0 atom stereocenters. The van der Waals surface area contributed by atoms with Gasteiger partial charge in [-0.25, -0.2) is 4.39 Å². The zero-order chi connectivity index (χ0) is 15.0. The Balaban J connectivity index is 2.75. The molecule has 112 valence electrons. The van der Waals surface area contributed by atoms with Crippen LogP contribution in [0.2, 0.25) is 0 Å². The molecule has 0 bridgehead atoms. The molecular weight excluding hydrogens is 271 g/mol. The van der Waals surface area contributed by atoms with Crippen molar-refractivity contribution in [3.63, 3.8) is 0 Å². The monoisotopic (exact) mass is 289 g/mol. The van der Waals surface area contributed by atoms with E-state index in [0.717, 1.165) is 6.42 Å². The van der Waals surface area contributed by atoms with Gasteiger partial charge in [-0.2, -0.15) is 8.78 Å². The maximum Gasteiger partial charge on any atom is 0.387 e. The number of nitrogens with one attached hydrogen (secondary N) is 2. The second-order valence-electron chi connectivity index (χ2n) is 3.95. The van der Waals surface area contributed by atoms with Gasteiger partial charge in [0.25, 0.3) is 0 Å². The molecular formula is C13H18F3N3O. The van der Waals surface area contributed by atoms with Crippen LogP contribution in [-0.2, 0) is 6.54 Å². The number of benzene rings is 1. The number of hydrogen-bond acceptors (Lipinski definition) is 2. The number of rotatable bonds is 6. The van der Waals surface area contributed by atoms with Crippen LogP contribution in [0.5, 0.6) is 5.75 Å². The smallest absolute Gasteiger partial charge is 0.387 e. The number of alkyl halides is 2. The lowest BCUT2D eigenvalue weighted by Gasteiger charge is -2.14. The average Bonchev–Trinajstić information content (AvgIpc) is 2.40. The summed E-state index contributed by atoms with van der Waals surface area (Å²) < 4.78 is 42.5. The molecule has 0 fully saturated rings. The van der Waals surface area contributed by atoms with E-state index in [0.29, 0.717) is 12.5 Å². The van der Waals surface area contributed by atoms with E-state index in [4.69, 9.17) is 0 Å². The lowest BCUT2D eigenvalue weighted by Crippen LogP contribution is -2.37. The summed E-state index contributed by atoms with van der Waals surface area (Å²) in [5.74, 6) is -0.321. The summed E-state index contributed by atoms with van der Waals surface area (Å²) in [7, 11) is 1.57. The van der Waals surface area contributed by atoms with Gasteiger partial charge in [0.1, 0.15) is 11.6 Å². The van der Waals surface area contributed by atoms with Crippen molar-refractivity contribution in [1.29, 1.82) is 0 Å². The van der Waals surface area contributed by atoms with Gasteiger partial charge in [0.05, 0.1) is 0 Å². The molecule has 0 unspecified atom stereocenters. The zero-order valence-corrected chi connectivity index (χ0v) is 11.4. The molecule has 0 spiro atoms. The van der Waals surface area contributed by atoms with Crippen molar-refractivity contribution in [3.05, 3.63) is 29.6 Å². The van der Waals surface area contributed by atoms with Gasteiger partial charge in [0, 0.05) is 25.7 Å². The topological polar surface area (TPSA) is 45.7 Å². The second-order valence-corrected chi connectivity index (χ2v) is 3.95. The molecule has 7 heteroatoms. The predicted molar refractivity (Wildman–Crippen MR) is 71.5 cm³/mol. The number of ether oxygens (including phenoxy) is 1. The molecule has 0 amide bonds. The van der Waals surface area contributed by atoms with Crippen LogP contribution in [0.25, 0.3) is 0 Å². The second kappa shape index (κ2) is 8.29. The summed E-state index contributed by atoms with van der Waals surface area (Å²) in [5.41, 5.74) is 0.0345. The van der Waals surface area contributed by atoms with E-state index in [1.165, 1.54) is 18.2 Å². The largest absolute Gasteiger partial charge is 0.434 e. The van der Waals surface area contributed by atoms with Crippen LogP contribution in [-0.4, -0.2) is 26.2 Å². The number of nitrogens with zero attached hydrogens (tertiary/aromatic N) is 1. The number of guanidine groups is 1. The molecule has 0 aromatic heterocycles. The van der Waals surface area contributed by atoms with Crippen LogP contribution in [0.15, 0.2) is 23.2 Å². The third kappa shape index (κ3) is 4.99. The van der Waals surface area contributed by atoms with E-state index in [1.807, 2.05) is 6.92 Å². The number of halogens is 3. The normalized spacial score (nSPS) is 11.6. The van der Waals surface area contributed by atoms with Gasteiger partial charge in [0.15, 0.2) is 5.96 Å². The number of aliphatic imine (C=N–C) groups is 1. The van der Waals surface area contributed by atoms with Gasteiger partial charge >= 0.3 is 6.61 Å². The van der Waals surface area contributed by atoms with Crippen LogP contribution in [0, 0.1) is 5.82 Å². The minimum atomic E-state index is -2.99. The fraction of sp³-hybridized carbons (Fsp3) is 0.462. The molecule has 0 aliphatic carbocycles. The van der Waals surface area contributed by atoms with E-state index in [9.17, 15) is 13.2 Å². The average molecular weight is 289 g/mol. The van der Waals surface area contributed by atoms with Crippen molar-refractivity contribution in [3.8, 4) is 5.75 Å². The van der Waals surface area contributed by atoms with Crippen molar-refractivity contribution in [1.82, 2.24) is 10.6 Å². The van der Waals surface area contributed by atoms with Crippen LogP contribution in [0.1, 0.15) is 18.9 Å². The van der Waals surface area contributed by atoms with Gasteiger partial charge in [0.2, 0.25) is 0 Å². The summed E-state index contributed by atoms with van der Waals surface area (Å²) in [5, 5.41) is 5.85. The first-order valence-electron chi connectivity index (χ1n) is 6.25. The lowest BCUT2D eigenvalue weighted by molar-refractivity contribution is -0.0506. The Morgan fingerprint density at radius 3 is 2.70 bits per heavy atom. The maximum atomic E-state index is 13.7. The van der Waals surface area contributed by atoms with Crippen molar-refractivity contribution in [2.24, 2.45) is 4.99 Å². The summed E-state index contributed by atoms with van der Waals surface area (Å²) in [6.07, 6.45) is 0.903. The van der Waals surface area contributed by atoms with Crippen LogP contribution in [0.3, 0.4) is 0 Å². The maximum absolute atomic E-state index is 13.7. The van der Waals surface area contributed by atoms with Gasteiger partial charge in [-0.3, -0.25) is 4.99 Å². The van der Waals surface area contributed by atoms with Gasteiger partial charge in [-0.15, -0.1) is 0 Å². The molecule has 0 aliphatic heterocycles. The lowest BCUT2D eigenvalue weighted by atomic mass is 10.2. The Hall–Kier alpha value is -1.92. The Morgan fingerprint density at radius 2 is 2.10 bits per heavy atom. The summed E-state index contributed by atoms with van der Waals surface area (Å²) in [4.78, 5) is 3.94. The standard InChI is InChI=1S/C13H18F3N3O/c1-3-7-18-13(17-2)19-8-9-10(14)5-4-6-11(9)20-12(15)16/h4-6,12H,3,7-8H2,1-2H3,(H2,17,18,19). The first-order chi connectivity index (χ1) is 9.58. The first-order valence-corrected chi connectivity index (χ1v) is 6.25. The number of hydrogen-bond donors (Lipinski definition) is 2. The Morgan fingerprint density at radius 1 is 1.35 bits per heavy atom. The van der Waals surface area contributed by atoms with E-state index in [2.05, 4.69) is 20.4 Å². The molecule has 0 saturated carbocycles. The molecule has 20 heavy (non-hydrogen) atoms. The minimum absolute atomic E-state index is 0.00187. The van der Waals surface area contributed by atoms with E-state index < -0.39 is 12.4 Å². The highest BCUT2D eigenvalue weighted by Gasteiger charge is 2.13. The van der Waals surface area contributed by atoms with Crippen molar-refractivity contribution < 1.29 is 17.9 Å².